The number of nitrogens with one attached hydrogen (secondary N) is 1. The lowest BCUT2D eigenvalue weighted by atomic mass is 9.50. The van der Waals surface area contributed by atoms with Gasteiger partial charge in [-0.3, -0.25) is 4.79 Å². The molecule has 0 unspecified atom stereocenters. The third-order valence-corrected chi connectivity index (χ3v) is 9.58. The second kappa shape index (κ2) is 7.80. The average molecular weight is 484 g/mol. The lowest BCUT2D eigenvalue weighted by molar-refractivity contribution is -0.156. The molecule has 2 N–H and O–H groups in total. The Morgan fingerprint density at radius 1 is 1.27 bits per heavy atom. The summed E-state index contributed by atoms with van der Waals surface area (Å²) in [5.41, 5.74) is -1.62. The molecule has 4 rings (SSSR count). The molecule has 4 fully saturated rings. The number of alkyl carbamates (subject to hydrolysis) is 2. The molecule has 9 nitrogen and oxygen atoms in total. The van der Waals surface area contributed by atoms with Crippen LogP contribution in [0, 0.1) is 34.0 Å². The van der Waals surface area contributed by atoms with Crippen LogP contribution in [0.2, 0.25) is 0 Å². The Kier molecular flexibility index (Phi) is 5.72. The number of carbonyl (C=O) groups is 3. The molecule has 0 saturated heterocycles. The van der Waals surface area contributed by atoms with Crippen LogP contribution >= 0.6 is 0 Å². The molecule has 0 aliphatic heterocycles. The number of carbonyl (C=O) groups excluding carboxylic acids is 3. The third-order valence-electron chi connectivity index (χ3n) is 9.03. The number of Topliss-reactive ketones (excluding diaryl/α,β-unsaturated/α-hetero) is 1. The Labute approximate surface area is 194 Å². The number of sulfone groups is 1. The highest BCUT2D eigenvalue weighted by Gasteiger charge is 2.76. The van der Waals surface area contributed by atoms with E-state index < -0.39 is 51.0 Å². The molecule has 184 valence electrons. The fourth-order valence-corrected chi connectivity index (χ4v) is 7.61. The molecule has 4 aliphatic carbocycles. The van der Waals surface area contributed by atoms with Gasteiger partial charge in [0, 0.05) is 29.4 Å². The summed E-state index contributed by atoms with van der Waals surface area (Å²) in [6, 6.07) is 0. The number of rotatable bonds is 4. The summed E-state index contributed by atoms with van der Waals surface area (Å²) in [6.07, 6.45) is 2.79. The van der Waals surface area contributed by atoms with E-state index in [9.17, 15) is 27.9 Å². The Balaban J connectivity index is 1.63. The van der Waals surface area contributed by atoms with E-state index >= 15 is 0 Å². The van der Waals surface area contributed by atoms with Crippen molar-refractivity contribution in [3.8, 4) is 0 Å². The van der Waals surface area contributed by atoms with Gasteiger partial charge < -0.3 is 14.6 Å². The van der Waals surface area contributed by atoms with Gasteiger partial charge in [-0.15, -0.1) is 6.58 Å². The van der Waals surface area contributed by atoms with Crippen molar-refractivity contribution >= 4 is 27.8 Å². The molecule has 2 bridgehead atoms. The number of ether oxygens (including phenoxy) is 2. The molecule has 10 heteroatoms. The van der Waals surface area contributed by atoms with E-state index in [1.807, 2.05) is 19.2 Å². The quantitative estimate of drug-likeness (QED) is 0.582. The minimum absolute atomic E-state index is 0.115. The van der Waals surface area contributed by atoms with E-state index in [0.29, 0.717) is 12.8 Å². The molecule has 33 heavy (non-hydrogen) atoms. The van der Waals surface area contributed by atoms with Crippen LogP contribution in [-0.4, -0.2) is 55.9 Å². The largest absolute Gasteiger partial charge is 0.445 e. The van der Waals surface area contributed by atoms with Crippen LogP contribution in [0.15, 0.2) is 12.7 Å². The summed E-state index contributed by atoms with van der Waals surface area (Å²) in [5, 5.41) is 13.3. The van der Waals surface area contributed by atoms with E-state index in [0.717, 1.165) is 25.5 Å². The Morgan fingerprint density at radius 3 is 2.61 bits per heavy atom. The molecule has 0 aromatic carbocycles. The first-order valence-corrected chi connectivity index (χ1v) is 13.5. The standard InChI is InChI=1S/C23H33NO8S/c1-5-21(3)11-16(32-20(28)24-19(27)31-12-33(4,29)30)23-10-14(23)6-8-22(13(2)18(21)26)9-7-15(25)17(22)23/h5,13-14,16-18,26H,1,6-12H2,2-4H3,(H,24,27,28)/t13-,14-,16+,17+,18-,21+,22-,23-/m0/s1. The zero-order valence-electron chi connectivity index (χ0n) is 19.3. The van der Waals surface area contributed by atoms with Crippen molar-refractivity contribution < 1.29 is 37.4 Å². The van der Waals surface area contributed by atoms with Crippen molar-refractivity contribution in [1.29, 1.82) is 0 Å². The number of amides is 2. The first-order chi connectivity index (χ1) is 15.3. The number of hydrogen-bond donors (Lipinski definition) is 2. The predicted molar refractivity (Wildman–Crippen MR) is 118 cm³/mol. The maximum atomic E-state index is 13.2. The van der Waals surface area contributed by atoms with Crippen molar-refractivity contribution in [1.82, 2.24) is 5.32 Å². The van der Waals surface area contributed by atoms with Gasteiger partial charge >= 0.3 is 12.2 Å². The molecule has 0 heterocycles. The molecular weight excluding hydrogens is 450 g/mol. The van der Waals surface area contributed by atoms with Crippen LogP contribution in [0.25, 0.3) is 0 Å². The van der Waals surface area contributed by atoms with Crippen molar-refractivity contribution in [3.05, 3.63) is 12.7 Å². The van der Waals surface area contributed by atoms with Crippen LogP contribution in [0.1, 0.15) is 52.4 Å². The molecule has 0 aromatic rings. The lowest BCUT2D eigenvalue weighted by Gasteiger charge is -2.55. The number of aliphatic hydroxyl groups excluding tert-OH is 1. The summed E-state index contributed by atoms with van der Waals surface area (Å²) in [7, 11) is -3.56. The van der Waals surface area contributed by atoms with Crippen molar-refractivity contribution in [2.45, 2.75) is 64.6 Å². The zero-order chi connectivity index (χ0) is 24.4. The zero-order valence-corrected chi connectivity index (χ0v) is 20.2. The van der Waals surface area contributed by atoms with Gasteiger partial charge in [-0.05, 0) is 49.4 Å². The van der Waals surface area contributed by atoms with Crippen molar-refractivity contribution in [3.63, 3.8) is 0 Å². The van der Waals surface area contributed by atoms with Crippen LogP contribution in [-0.2, 0) is 24.1 Å². The Hall–Kier alpha value is -1.94. The molecule has 1 spiro atoms. The lowest BCUT2D eigenvalue weighted by Crippen LogP contribution is -2.58. The maximum Gasteiger partial charge on any atom is 0.417 e. The highest BCUT2D eigenvalue weighted by Crippen LogP contribution is 2.77. The van der Waals surface area contributed by atoms with Gasteiger partial charge in [0.05, 0.1) is 6.10 Å². The van der Waals surface area contributed by atoms with E-state index in [2.05, 4.69) is 11.3 Å². The SMILES string of the molecule is C=C[C@]1(C)C[C@@H](OC(=O)NC(=O)OCS(C)(=O)=O)[C@]23C[C@@H]2CC[C@]2(CCC(=O)[C@H]23)[C@@H](C)[C@@H]1O. The smallest absolute Gasteiger partial charge is 0.417 e. The van der Waals surface area contributed by atoms with Crippen molar-refractivity contribution in [2.24, 2.45) is 34.0 Å². The number of aliphatic hydroxyl groups is 1. The van der Waals surface area contributed by atoms with Gasteiger partial charge in [-0.1, -0.05) is 19.9 Å². The van der Waals surface area contributed by atoms with Gasteiger partial charge in [0.1, 0.15) is 11.9 Å². The van der Waals surface area contributed by atoms with Crippen LogP contribution in [0.3, 0.4) is 0 Å². The first kappa shape index (κ1) is 24.2. The molecule has 0 radical (unpaired) electrons. The summed E-state index contributed by atoms with van der Waals surface area (Å²) in [5.74, 6) is -0.864. The number of ketones is 1. The maximum absolute atomic E-state index is 13.2. The van der Waals surface area contributed by atoms with Gasteiger partial charge in [-0.25, -0.2) is 23.3 Å². The van der Waals surface area contributed by atoms with E-state index in [4.69, 9.17) is 4.74 Å². The van der Waals surface area contributed by atoms with Crippen LogP contribution in [0.4, 0.5) is 9.59 Å². The number of hydrogen-bond acceptors (Lipinski definition) is 8. The second-order valence-electron chi connectivity index (χ2n) is 10.8. The molecule has 4 saturated carbocycles. The topological polar surface area (TPSA) is 136 Å². The van der Waals surface area contributed by atoms with Gasteiger partial charge in [0.25, 0.3) is 0 Å². The highest BCUT2D eigenvalue weighted by molar-refractivity contribution is 7.90. The van der Waals surface area contributed by atoms with Gasteiger partial charge in [0.15, 0.2) is 15.8 Å². The summed E-state index contributed by atoms with van der Waals surface area (Å²) in [6.45, 7) is 7.85. The third kappa shape index (κ3) is 3.79. The molecular formula is C23H33NO8S. The summed E-state index contributed by atoms with van der Waals surface area (Å²) >= 11 is 0. The van der Waals surface area contributed by atoms with Crippen LogP contribution < -0.4 is 5.32 Å². The average Bonchev–Trinajstić information content (AvgIpc) is 3.39. The first-order valence-electron chi connectivity index (χ1n) is 11.5. The highest BCUT2D eigenvalue weighted by atomic mass is 32.2. The van der Waals surface area contributed by atoms with Gasteiger partial charge in [0.2, 0.25) is 0 Å². The second-order valence-corrected chi connectivity index (χ2v) is 12.9. The van der Waals surface area contributed by atoms with E-state index in [-0.39, 0.29) is 35.4 Å². The molecule has 0 aromatic heterocycles. The minimum Gasteiger partial charge on any atom is -0.445 e. The van der Waals surface area contributed by atoms with E-state index in [1.165, 1.54) is 0 Å². The minimum atomic E-state index is -3.56. The monoisotopic (exact) mass is 483 g/mol. The van der Waals surface area contributed by atoms with Gasteiger partial charge in [-0.2, -0.15) is 0 Å². The Bertz CT molecular complexity index is 994. The fraction of sp³-hybridized carbons (Fsp3) is 0.783. The fourth-order valence-electron chi connectivity index (χ4n) is 7.29. The molecule has 8 atom stereocenters. The van der Waals surface area contributed by atoms with E-state index in [1.54, 1.807) is 6.08 Å². The summed E-state index contributed by atoms with van der Waals surface area (Å²) < 4.78 is 32.7. The number of imide groups is 1. The normalized spacial score (nSPS) is 43.9. The Morgan fingerprint density at radius 2 is 1.97 bits per heavy atom. The predicted octanol–water partition coefficient (Wildman–Crippen LogP) is 2.58. The van der Waals surface area contributed by atoms with Crippen LogP contribution in [0.5, 0.6) is 0 Å². The molecule has 4 aliphatic rings. The molecule has 2 amide bonds. The summed E-state index contributed by atoms with van der Waals surface area (Å²) in [4.78, 5) is 37.7. The van der Waals surface area contributed by atoms with Crippen molar-refractivity contribution in [2.75, 3.05) is 12.2 Å².